The molecule has 2 unspecified atom stereocenters. The van der Waals surface area contributed by atoms with Crippen LogP contribution in [0.4, 0.5) is 17.1 Å². The molecule has 2 aliphatic heterocycles. The van der Waals surface area contributed by atoms with Crippen LogP contribution in [0.1, 0.15) is 61.8 Å². The third-order valence-electron chi connectivity index (χ3n) is 12.2. The summed E-state index contributed by atoms with van der Waals surface area (Å²) in [7, 11) is 0. The summed E-state index contributed by atoms with van der Waals surface area (Å²) in [5.74, 6) is 0.657. The number of hydrogen-bond acceptors (Lipinski definition) is 1. The Kier molecular flexibility index (Phi) is 7.02. The third-order valence-corrected chi connectivity index (χ3v) is 12.2. The van der Waals surface area contributed by atoms with Crippen molar-refractivity contribution in [3.63, 3.8) is 0 Å². The van der Waals surface area contributed by atoms with Crippen molar-refractivity contribution in [1.82, 2.24) is 0 Å². The standard InChI is InChI=1S/C50H42BN/c1-32-37-19-10-11-21-39(37)38-20-9-8-18-34(38)28-41(32)35-29-43-40-22-12-13-23-44(40)51-45-24-14-15-25-47(45)52(48(30-35)49(43)51)46-27-26-36(50(2,3)4)31-42(46)33-16-6-5-7-17-33/h5-27,29-32,41H,28H2,1-4H3. The Bertz CT molecular complexity index is 2520. The van der Waals surface area contributed by atoms with Gasteiger partial charge >= 0.3 is 0 Å². The summed E-state index contributed by atoms with van der Waals surface area (Å²) < 4.78 is 0. The fourth-order valence-electron chi connectivity index (χ4n) is 9.57. The molecule has 2 heterocycles. The minimum absolute atomic E-state index is 0.0258. The van der Waals surface area contributed by atoms with Gasteiger partial charge in [-0.15, -0.1) is 0 Å². The molecule has 3 aliphatic rings. The van der Waals surface area contributed by atoms with Crippen molar-refractivity contribution < 1.29 is 0 Å². The molecule has 250 valence electrons. The van der Waals surface area contributed by atoms with Crippen LogP contribution in [0, 0.1) is 0 Å². The average Bonchev–Trinajstić information content (AvgIpc) is 3.45. The predicted octanol–water partition coefficient (Wildman–Crippen LogP) is 11.0. The maximum atomic E-state index is 2.61. The molecule has 0 fully saturated rings. The van der Waals surface area contributed by atoms with E-state index in [0.717, 1.165) is 6.42 Å². The van der Waals surface area contributed by atoms with Crippen LogP contribution >= 0.6 is 0 Å². The summed E-state index contributed by atoms with van der Waals surface area (Å²) >= 11 is 0. The molecule has 0 radical (unpaired) electrons. The van der Waals surface area contributed by atoms with Crippen molar-refractivity contribution in [3.8, 4) is 33.4 Å². The van der Waals surface area contributed by atoms with Crippen LogP contribution in [0.3, 0.4) is 0 Å². The van der Waals surface area contributed by atoms with Gasteiger partial charge in [0.15, 0.2) is 0 Å². The topological polar surface area (TPSA) is 3.24 Å². The Labute approximate surface area is 308 Å². The summed E-state index contributed by atoms with van der Waals surface area (Å²) in [6.07, 6.45) is 1.00. The monoisotopic (exact) mass is 667 g/mol. The molecule has 7 aromatic carbocycles. The summed E-state index contributed by atoms with van der Waals surface area (Å²) in [6.45, 7) is 9.60. The zero-order valence-corrected chi connectivity index (χ0v) is 30.4. The molecule has 1 aliphatic carbocycles. The SMILES string of the molecule is CC1c2ccccc2-c2ccccc2CC1c1cc2c3c(c1)N(c1ccc(C(C)(C)C)cc1-c1ccccc1)c1ccccc1B3c1ccccc1-2. The maximum absolute atomic E-state index is 2.61. The summed E-state index contributed by atoms with van der Waals surface area (Å²) in [5.41, 5.74) is 21.7. The van der Waals surface area contributed by atoms with Crippen LogP contribution in [0.5, 0.6) is 0 Å². The van der Waals surface area contributed by atoms with Crippen molar-refractivity contribution in [2.75, 3.05) is 4.90 Å². The highest BCUT2D eigenvalue weighted by atomic mass is 15.2. The molecular weight excluding hydrogens is 625 g/mol. The molecule has 52 heavy (non-hydrogen) atoms. The quantitative estimate of drug-likeness (QED) is 0.170. The summed E-state index contributed by atoms with van der Waals surface area (Å²) in [6, 6.07) is 59.8. The Balaban J connectivity index is 1.26. The van der Waals surface area contributed by atoms with E-state index in [2.05, 4.69) is 190 Å². The second-order valence-electron chi connectivity index (χ2n) is 16.1. The van der Waals surface area contributed by atoms with Gasteiger partial charge in [-0.1, -0.05) is 167 Å². The van der Waals surface area contributed by atoms with Crippen LogP contribution in [0.25, 0.3) is 33.4 Å². The lowest BCUT2D eigenvalue weighted by molar-refractivity contribution is 0.580. The lowest BCUT2D eigenvalue weighted by Gasteiger charge is -2.38. The normalized spacial score (nSPS) is 16.7. The van der Waals surface area contributed by atoms with Gasteiger partial charge in [0.2, 0.25) is 6.71 Å². The van der Waals surface area contributed by atoms with Crippen LogP contribution in [-0.4, -0.2) is 6.71 Å². The molecule has 0 aromatic heterocycles. The predicted molar refractivity (Wildman–Crippen MR) is 222 cm³/mol. The molecular formula is C50H42BN. The van der Waals surface area contributed by atoms with Crippen molar-refractivity contribution in [3.05, 3.63) is 180 Å². The highest BCUT2D eigenvalue weighted by molar-refractivity contribution is 7.01. The van der Waals surface area contributed by atoms with Gasteiger partial charge in [0.25, 0.3) is 0 Å². The number of hydrogen-bond donors (Lipinski definition) is 0. The van der Waals surface area contributed by atoms with E-state index in [-0.39, 0.29) is 12.1 Å². The molecule has 2 atom stereocenters. The zero-order valence-electron chi connectivity index (χ0n) is 30.4. The second kappa shape index (κ2) is 11.7. The van der Waals surface area contributed by atoms with Gasteiger partial charge in [0.05, 0.1) is 5.69 Å². The highest BCUT2D eigenvalue weighted by Gasteiger charge is 2.43. The van der Waals surface area contributed by atoms with Crippen LogP contribution in [0.15, 0.2) is 158 Å². The second-order valence-corrected chi connectivity index (χ2v) is 16.1. The van der Waals surface area contributed by atoms with E-state index in [1.165, 1.54) is 89.1 Å². The van der Waals surface area contributed by atoms with E-state index in [4.69, 9.17) is 0 Å². The van der Waals surface area contributed by atoms with Crippen molar-refractivity contribution in [2.24, 2.45) is 0 Å². The van der Waals surface area contributed by atoms with E-state index in [1.807, 2.05) is 0 Å². The molecule has 10 rings (SSSR count). The first-order valence-corrected chi connectivity index (χ1v) is 18.9. The molecule has 2 heteroatoms. The van der Waals surface area contributed by atoms with Gasteiger partial charge in [-0.05, 0) is 109 Å². The van der Waals surface area contributed by atoms with Crippen LogP contribution in [0.2, 0.25) is 0 Å². The van der Waals surface area contributed by atoms with Gasteiger partial charge in [0.1, 0.15) is 0 Å². The van der Waals surface area contributed by atoms with E-state index >= 15 is 0 Å². The summed E-state index contributed by atoms with van der Waals surface area (Å²) in [4.78, 5) is 2.61. The van der Waals surface area contributed by atoms with Gasteiger partial charge in [0, 0.05) is 16.9 Å². The Hall–Kier alpha value is -5.60. The van der Waals surface area contributed by atoms with E-state index in [9.17, 15) is 0 Å². The van der Waals surface area contributed by atoms with Crippen molar-refractivity contribution in [1.29, 1.82) is 0 Å². The number of nitrogens with zero attached hydrogens (tertiary/aromatic N) is 1. The van der Waals surface area contributed by atoms with Crippen LogP contribution in [-0.2, 0) is 11.8 Å². The largest absolute Gasteiger partial charge is 0.311 e. The summed E-state index contributed by atoms with van der Waals surface area (Å²) in [5, 5.41) is 0. The minimum Gasteiger partial charge on any atom is -0.311 e. The number of para-hydroxylation sites is 1. The fourth-order valence-corrected chi connectivity index (χ4v) is 9.57. The van der Waals surface area contributed by atoms with E-state index < -0.39 is 0 Å². The molecule has 0 saturated carbocycles. The minimum atomic E-state index is 0.0258. The Morgan fingerprint density at radius 3 is 2.02 bits per heavy atom. The molecule has 0 saturated heterocycles. The number of fused-ring (bicyclic) bond motifs is 8. The number of benzene rings is 7. The molecule has 0 amide bonds. The molecule has 7 aromatic rings. The van der Waals surface area contributed by atoms with Gasteiger partial charge in [-0.3, -0.25) is 0 Å². The van der Waals surface area contributed by atoms with E-state index in [1.54, 1.807) is 0 Å². The first kappa shape index (κ1) is 31.2. The lowest BCUT2D eigenvalue weighted by Crippen LogP contribution is -2.54. The number of anilines is 3. The first-order chi connectivity index (χ1) is 25.4. The number of rotatable bonds is 3. The molecule has 0 spiro atoms. The maximum Gasteiger partial charge on any atom is 0.248 e. The van der Waals surface area contributed by atoms with Gasteiger partial charge < -0.3 is 4.90 Å². The zero-order chi connectivity index (χ0) is 35.1. The lowest BCUT2D eigenvalue weighted by atomic mass is 9.37. The Morgan fingerprint density at radius 2 is 1.21 bits per heavy atom. The van der Waals surface area contributed by atoms with Crippen molar-refractivity contribution in [2.45, 2.75) is 51.4 Å². The smallest absolute Gasteiger partial charge is 0.248 e. The molecule has 1 nitrogen and oxygen atoms in total. The fraction of sp³-hybridized carbons (Fsp3) is 0.160. The first-order valence-electron chi connectivity index (χ1n) is 18.9. The van der Waals surface area contributed by atoms with E-state index in [0.29, 0.717) is 11.8 Å². The van der Waals surface area contributed by atoms with Crippen LogP contribution < -0.4 is 21.3 Å². The van der Waals surface area contributed by atoms with Gasteiger partial charge in [-0.25, -0.2) is 0 Å². The van der Waals surface area contributed by atoms with Crippen molar-refractivity contribution >= 4 is 40.2 Å². The average molecular weight is 668 g/mol. The molecule has 0 bridgehead atoms. The van der Waals surface area contributed by atoms with Gasteiger partial charge in [-0.2, -0.15) is 0 Å². The molecule has 0 N–H and O–H groups in total. The highest BCUT2D eigenvalue weighted by Crippen LogP contribution is 2.50. The Morgan fingerprint density at radius 1 is 0.538 bits per heavy atom. The third kappa shape index (κ3) is 4.70.